The minimum absolute atomic E-state index is 0.129. The molecule has 0 radical (unpaired) electrons. The van der Waals surface area contributed by atoms with Crippen LogP contribution in [-0.4, -0.2) is 4.57 Å². The second-order valence-electron chi connectivity index (χ2n) is 17.7. The van der Waals surface area contributed by atoms with Crippen molar-refractivity contribution in [3.8, 4) is 27.9 Å². The Morgan fingerprint density at radius 2 is 0.983 bits per heavy atom. The number of aromatic nitrogens is 1. The van der Waals surface area contributed by atoms with Crippen molar-refractivity contribution in [1.29, 1.82) is 0 Å². The van der Waals surface area contributed by atoms with Gasteiger partial charge in [0, 0.05) is 38.9 Å². The number of benzene rings is 8. The minimum atomic E-state index is 0.129. The molecule has 0 aliphatic heterocycles. The van der Waals surface area contributed by atoms with Gasteiger partial charge in [-0.25, -0.2) is 0 Å². The first-order valence-electron chi connectivity index (χ1n) is 21.4. The number of hydrogen-bond donors (Lipinski definition) is 0. The van der Waals surface area contributed by atoms with Gasteiger partial charge in [-0.3, -0.25) is 0 Å². The zero-order chi connectivity index (χ0) is 38.0. The topological polar surface area (TPSA) is 8.17 Å². The molecule has 4 saturated carbocycles. The van der Waals surface area contributed by atoms with Crippen LogP contribution < -0.4 is 4.90 Å². The van der Waals surface area contributed by atoms with Crippen molar-refractivity contribution < 1.29 is 0 Å². The Bertz CT molecular complexity index is 2990. The lowest BCUT2D eigenvalue weighted by molar-refractivity contribution is -0.0397. The van der Waals surface area contributed by atoms with Gasteiger partial charge < -0.3 is 9.47 Å². The first kappa shape index (κ1) is 32.7. The van der Waals surface area contributed by atoms with Gasteiger partial charge in [0.1, 0.15) is 0 Å². The summed E-state index contributed by atoms with van der Waals surface area (Å²) in [6, 6.07) is 68.4. The van der Waals surface area contributed by atoms with Crippen LogP contribution in [0.15, 0.2) is 182 Å². The normalized spacial score (nSPS) is 22.6. The second-order valence-corrected chi connectivity index (χ2v) is 17.7. The average Bonchev–Trinajstić information content (AvgIpc) is 3.77. The molecular formula is C56H44N2. The van der Waals surface area contributed by atoms with E-state index in [1.165, 1.54) is 86.9 Å². The SMILES string of the molecule is c1ccc2c(c1)-c1cccc(-c3ccc(N(c4ccc(-n5c6ccccc6c6ccccc65)cc4)c4ccc5ccccc5c4)cc3)c1C21C2CC3CC(C2)CC1C3. The Balaban J connectivity index is 0.938. The highest BCUT2D eigenvalue weighted by atomic mass is 15.1. The summed E-state index contributed by atoms with van der Waals surface area (Å²) in [5, 5.41) is 5.05. The molecular weight excluding hydrogens is 701 g/mol. The largest absolute Gasteiger partial charge is 0.310 e. The third-order valence-electron chi connectivity index (χ3n) is 14.9. The molecule has 1 aromatic heterocycles. The van der Waals surface area contributed by atoms with Crippen molar-refractivity contribution in [3.63, 3.8) is 0 Å². The molecule has 1 spiro atoms. The molecule has 0 saturated heterocycles. The summed E-state index contributed by atoms with van der Waals surface area (Å²) >= 11 is 0. The number of fused-ring (bicyclic) bond motifs is 7. The van der Waals surface area contributed by atoms with Crippen molar-refractivity contribution in [2.24, 2.45) is 23.7 Å². The van der Waals surface area contributed by atoms with Crippen LogP contribution in [0.2, 0.25) is 0 Å². The molecule has 0 unspecified atom stereocenters. The highest BCUT2D eigenvalue weighted by Gasteiger charge is 2.62. The van der Waals surface area contributed by atoms with E-state index >= 15 is 0 Å². The molecule has 0 atom stereocenters. The van der Waals surface area contributed by atoms with Crippen LogP contribution in [0, 0.1) is 23.7 Å². The smallest absolute Gasteiger partial charge is 0.0541 e. The van der Waals surface area contributed by atoms with Crippen LogP contribution in [0.25, 0.3) is 60.5 Å². The molecule has 9 aromatic rings. The molecule has 278 valence electrons. The summed E-state index contributed by atoms with van der Waals surface area (Å²) in [6.07, 6.45) is 7.04. The number of hydrogen-bond acceptors (Lipinski definition) is 1. The Hall–Kier alpha value is -6.38. The van der Waals surface area contributed by atoms with Gasteiger partial charge in [-0.05, 0) is 161 Å². The summed E-state index contributed by atoms with van der Waals surface area (Å²) < 4.78 is 2.40. The van der Waals surface area contributed by atoms with Crippen LogP contribution in [0.3, 0.4) is 0 Å². The summed E-state index contributed by atoms with van der Waals surface area (Å²) in [7, 11) is 0. The van der Waals surface area contributed by atoms with E-state index in [1.807, 2.05) is 0 Å². The van der Waals surface area contributed by atoms with E-state index in [0.29, 0.717) is 0 Å². The van der Waals surface area contributed by atoms with Crippen LogP contribution in [0.1, 0.15) is 43.2 Å². The average molecular weight is 745 g/mol. The van der Waals surface area contributed by atoms with Crippen LogP contribution in [0.5, 0.6) is 0 Å². The fourth-order valence-corrected chi connectivity index (χ4v) is 13.0. The van der Waals surface area contributed by atoms with Gasteiger partial charge in [-0.2, -0.15) is 0 Å². The van der Waals surface area contributed by atoms with E-state index in [0.717, 1.165) is 46.4 Å². The molecule has 2 heteroatoms. The quantitative estimate of drug-likeness (QED) is 0.170. The predicted molar refractivity (Wildman–Crippen MR) is 242 cm³/mol. The molecule has 8 aromatic carbocycles. The summed E-state index contributed by atoms with van der Waals surface area (Å²) in [4.78, 5) is 2.43. The molecule has 0 N–H and O–H groups in total. The lowest BCUT2D eigenvalue weighted by Crippen LogP contribution is -2.55. The predicted octanol–water partition coefficient (Wildman–Crippen LogP) is 14.8. The van der Waals surface area contributed by atoms with E-state index in [2.05, 4.69) is 191 Å². The monoisotopic (exact) mass is 744 g/mol. The molecule has 4 bridgehead atoms. The van der Waals surface area contributed by atoms with E-state index < -0.39 is 0 Å². The summed E-state index contributed by atoms with van der Waals surface area (Å²) in [5.74, 6) is 3.32. The van der Waals surface area contributed by atoms with Gasteiger partial charge in [0.15, 0.2) is 0 Å². The van der Waals surface area contributed by atoms with E-state index in [-0.39, 0.29) is 5.41 Å². The molecule has 0 amide bonds. The van der Waals surface area contributed by atoms with Crippen molar-refractivity contribution in [2.45, 2.75) is 37.5 Å². The van der Waals surface area contributed by atoms with Gasteiger partial charge in [0.25, 0.3) is 0 Å². The van der Waals surface area contributed by atoms with Gasteiger partial charge in [-0.1, -0.05) is 121 Å². The van der Waals surface area contributed by atoms with E-state index in [1.54, 1.807) is 11.1 Å². The first-order valence-corrected chi connectivity index (χ1v) is 21.4. The summed E-state index contributed by atoms with van der Waals surface area (Å²) in [5.41, 5.74) is 16.1. The molecule has 4 fully saturated rings. The number of nitrogens with zero attached hydrogens (tertiary/aromatic N) is 2. The molecule has 1 heterocycles. The van der Waals surface area contributed by atoms with Crippen molar-refractivity contribution in [1.82, 2.24) is 4.57 Å². The van der Waals surface area contributed by atoms with Crippen molar-refractivity contribution >= 4 is 49.6 Å². The van der Waals surface area contributed by atoms with E-state index in [4.69, 9.17) is 0 Å². The maximum Gasteiger partial charge on any atom is 0.0541 e. The molecule has 14 rings (SSSR count). The number of anilines is 3. The Kier molecular flexibility index (Phi) is 6.94. The highest BCUT2D eigenvalue weighted by Crippen LogP contribution is 2.70. The van der Waals surface area contributed by atoms with Crippen molar-refractivity contribution in [3.05, 3.63) is 193 Å². The zero-order valence-corrected chi connectivity index (χ0v) is 32.6. The maximum atomic E-state index is 2.50. The van der Waals surface area contributed by atoms with Gasteiger partial charge in [0.05, 0.1) is 11.0 Å². The lowest BCUT2D eigenvalue weighted by Gasteiger charge is -2.61. The highest BCUT2D eigenvalue weighted by molar-refractivity contribution is 6.09. The lowest BCUT2D eigenvalue weighted by atomic mass is 9.42. The Morgan fingerprint density at radius 1 is 0.431 bits per heavy atom. The molecule has 2 nitrogen and oxygen atoms in total. The number of rotatable bonds is 5. The molecule has 5 aliphatic rings. The number of para-hydroxylation sites is 2. The first-order chi connectivity index (χ1) is 28.7. The fourth-order valence-electron chi connectivity index (χ4n) is 13.0. The van der Waals surface area contributed by atoms with Gasteiger partial charge in [-0.15, -0.1) is 0 Å². The second kappa shape index (κ2) is 12.3. The van der Waals surface area contributed by atoms with Gasteiger partial charge >= 0.3 is 0 Å². The standard InChI is InChI=1S/C56H44N2/c1-2-11-40-35-46(25-20-38(40)10-1)57(44-26-28-45(29-27-44)58-53-18-7-4-13-49(53)50-14-5-8-19-54(50)58)43-23-21-39(22-24-43)47-15-9-16-51-48-12-3-6-17-52(48)56(55(47)51)41-31-36-30-37(33-41)34-42(56)32-36/h1-29,35-37,41-42H,30-34H2. The third-order valence-corrected chi connectivity index (χ3v) is 14.9. The minimum Gasteiger partial charge on any atom is -0.310 e. The summed E-state index contributed by atoms with van der Waals surface area (Å²) in [6.45, 7) is 0. The van der Waals surface area contributed by atoms with Gasteiger partial charge in [0.2, 0.25) is 0 Å². The van der Waals surface area contributed by atoms with Crippen LogP contribution >= 0.6 is 0 Å². The molecule has 5 aliphatic carbocycles. The van der Waals surface area contributed by atoms with E-state index in [9.17, 15) is 0 Å². The fraction of sp³-hybridized carbons (Fsp3) is 0.179. The Labute approximate surface area is 340 Å². The Morgan fingerprint density at radius 3 is 1.69 bits per heavy atom. The van der Waals surface area contributed by atoms with Crippen LogP contribution in [-0.2, 0) is 5.41 Å². The maximum absolute atomic E-state index is 2.50. The van der Waals surface area contributed by atoms with Crippen LogP contribution in [0.4, 0.5) is 17.1 Å². The van der Waals surface area contributed by atoms with Crippen molar-refractivity contribution in [2.75, 3.05) is 4.90 Å². The third kappa shape index (κ3) is 4.55. The zero-order valence-electron chi connectivity index (χ0n) is 32.6. The molecule has 58 heavy (non-hydrogen) atoms.